The molecule has 0 radical (unpaired) electrons. The highest BCUT2D eigenvalue weighted by Crippen LogP contribution is 2.40. The fraction of sp³-hybridized carbons (Fsp3) is 0.440. The number of carbonyl (C=O) groups is 1. The topological polar surface area (TPSA) is 100 Å². The number of morpholine rings is 1. The van der Waals surface area contributed by atoms with Crippen LogP contribution in [-0.4, -0.2) is 51.1 Å². The number of nitrogens with one attached hydrogen (secondary N) is 2. The van der Waals surface area contributed by atoms with Gasteiger partial charge in [-0.15, -0.1) is 0 Å². The average Bonchev–Trinajstić information content (AvgIpc) is 2.78. The Labute approximate surface area is 210 Å². The number of amides is 1. The van der Waals surface area contributed by atoms with Crippen LogP contribution >= 0.6 is 0 Å². The normalized spacial score (nSPS) is 19.2. The summed E-state index contributed by atoms with van der Waals surface area (Å²) < 4.78 is 62.9. The number of aromatic amines is 1. The summed E-state index contributed by atoms with van der Waals surface area (Å²) in [6.07, 6.45) is -3.92. The molecule has 0 saturated carbocycles. The molecule has 0 aliphatic carbocycles. The van der Waals surface area contributed by atoms with Gasteiger partial charge in [0.05, 0.1) is 40.3 Å². The van der Waals surface area contributed by atoms with Gasteiger partial charge in [-0.2, -0.15) is 13.2 Å². The standard InChI is InChI=1S/C25H27F4N5O3/c1-11-9-34(10-12(2)37-11)24(36)16-6-19(26)22(30-8-16)31-14(4)17-7-18-21(32-15(5)33-23(18)35)13(3)20(17)25(27,28)29/h6-8,11-12,14H,9-10H2,1-5H3,(H,30,31)(H,32,33,35)/t11-,12+,14?. The molecule has 0 bridgehead atoms. The van der Waals surface area contributed by atoms with E-state index in [1.807, 2.05) is 13.8 Å². The van der Waals surface area contributed by atoms with E-state index in [4.69, 9.17) is 4.74 Å². The van der Waals surface area contributed by atoms with E-state index in [9.17, 15) is 27.2 Å². The molecule has 2 N–H and O–H groups in total. The van der Waals surface area contributed by atoms with Crippen LogP contribution in [0.2, 0.25) is 0 Å². The van der Waals surface area contributed by atoms with Gasteiger partial charge < -0.3 is 19.9 Å². The number of nitrogens with zero attached hydrogens (tertiary/aromatic N) is 3. The quantitative estimate of drug-likeness (QED) is 0.490. The van der Waals surface area contributed by atoms with Gasteiger partial charge in [0.25, 0.3) is 11.5 Å². The Morgan fingerprint density at radius 2 is 1.86 bits per heavy atom. The van der Waals surface area contributed by atoms with Crippen molar-refractivity contribution in [3.8, 4) is 0 Å². The van der Waals surface area contributed by atoms with Crippen molar-refractivity contribution in [2.45, 2.75) is 59.0 Å². The van der Waals surface area contributed by atoms with Crippen molar-refractivity contribution in [3.05, 3.63) is 62.6 Å². The first-order valence-electron chi connectivity index (χ1n) is 11.7. The number of aromatic nitrogens is 3. The first kappa shape index (κ1) is 26.5. The van der Waals surface area contributed by atoms with E-state index in [0.717, 1.165) is 12.1 Å². The number of halogens is 4. The maximum absolute atomic E-state index is 15.0. The number of ether oxygens (including phenoxy) is 1. The van der Waals surface area contributed by atoms with Crippen molar-refractivity contribution in [2.75, 3.05) is 18.4 Å². The molecule has 4 rings (SSSR count). The maximum Gasteiger partial charge on any atom is 0.417 e. The summed E-state index contributed by atoms with van der Waals surface area (Å²) in [6, 6.07) is 1.03. The maximum atomic E-state index is 15.0. The molecule has 1 aliphatic rings. The Balaban J connectivity index is 1.67. The molecule has 3 heterocycles. The van der Waals surface area contributed by atoms with Gasteiger partial charge in [0.15, 0.2) is 11.6 Å². The summed E-state index contributed by atoms with van der Waals surface area (Å²) >= 11 is 0. The van der Waals surface area contributed by atoms with Crippen molar-refractivity contribution in [3.63, 3.8) is 0 Å². The Morgan fingerprint density at radius 3 is 2.46 bits per heavy atom. The van der Waals surface area contributed by atoms with E-state index in [0.29, 0.717) is 13.1 Å². The summed E-state index contributed by atoms with van der Waals surface area (Å²) in [7, 11) is 0. The molecule has 3 aromatic rings. The van der Waals surface area contributed by atoms with Gasteiger partial charge in [-0.3, -0.25) is 9.59 Å². The van der Waals surface area contributed by atoms with Crippen molar-refractivity contribution < 1.29 is 27.1 Å². The Kier molecular flexibility index (Phi) is 6.97. The zero-order valence-corrected chi connectivity index (χ0v) is 21.0. The minimum atomic E-state index is -4.75. The lowest BCUT2D eigenvalue weighted by Crippen LogP contribution is -2.48. The van der Waals surface area contributed by atoms with Crippen molar-refractivity contribution in [1.29, 1.82) is 0 Å². The van der Waals surface area contributed by atoms with E-state index in [1.54, 1.807) is 4.90 Å². The molecular formula is C25H27F4N5O3. The molecule has 1 fully saturated rings. The predicted molar refractivity (Wildman–Crippen MR) is 129 cm³/mol. The van der Waals surface area contributed by atoms with E-state index in [-0.39, 0.29) is 51.4 Å². The monoisotopic (exact) mass is 521 g/mol. The molecule has 1 saturated heterocycles. The largest absolute Gasteiger partial charge is 0.417 e. The number of anilines is 1. The van der Waals surface area contributed by atoms with Crippen molar-refractivity contribution in [1.82, 2.24) is 19.9 Å². The van der Waals surface area contributed by atoms with E-state index >= 15 is 0 Å². The third kappa shape index (κ3) is 5.29. The second-order valence-electron chi connectivity index (χ2n) is 9.40. The molecule has 1 amide bonds. The summed E-state index contributed by atoms with van der Waals surface area (Å²) in [6.45, 7) is 8.49. The number of hydrogen-bond donors (Lipinski definition) is 2. The highest BCUT2D eigenvalue weighted by atomic mass is 19.4. The van der Waals surface area contributed by atoms with Crippen LogP contribution in [0.15, 0.2) is 23.1 Å². The van der Waals surface area contributed by atoms with Crippen LogP contribution < -0.4 is 10.9 Å². The summed E-state index contributed by atoms with van der Waals surface area (Å²) in [5.74, 6) is -1.45. The van der Waals surface area contributed by atoms with Crippen LogP contribution in [0.5, 0.6) is 0 Å². The molecule has 12 heteroatoms. The van der Waals surface area contributed by atoms with Gasteiger partial charge in [0, 0.05) is 19.3 Å². The summed E-state index contributed by atoms with van der Waals surface area (Å²) in [4.78, 5) is 37.4. The van der Waals surface area contributed by atoms with E-state index in [2.05, 4.69) is 20.3 Å². The number of rotatable bonds is 4. The Bertz CT molecular complexity index is 1410. The number of benzene rings is 1. The summed E-state index contributed by atoms with van der Waals surface area (Å²) in [5, 5.41) is 2.65. The number of hydrogen-bond acceptors (Lipinski definition) is 6. The fourth-order valence-electron chi connectivity index (χ4n) is 4.77. The molecule has 0 spiro atoms. The van der Waals surface area contributed by atoms with Gasteiger partial charge in [-0.05, 0) is 57.9 Å². The van der Waals surface area contributed by atoms with E-state index in [1.165, 1.54) is 27.0 Å². The van der Waals surface area contributed by atoms with Crippen LogP contribution in [0.25, 0.3) is 10.9 Å². The molecule has 1 aromatic carbocycles. The van der Waals surface area contributed by atoms with Gasteiger partial charge in [0.2, 0.25) is 0 Å². The van der Waals surface area contributed by atoms with E-state index < -0.39 is 35.1 Å². The van der Waals surface area contributed by atoms with Crippen LogP contribution in [0.4, 0.5) is 23.4 Å². The van der Waals surface area contributed by atoms with Gasteiger partial charge in [-0.25, -0.2) is 14.4 Å². The lowest BCUT2D eigenvalue weighted by atomic mass is 9.93. The molecule has 198 valence electrons. The average molecular weight is 522 g/mol. The smallest absolute Gasteiger partial charge is 0.372 e. The summed E-state index contributed by atoms with van der Waals surface area (Å²) in [5.41, 5.74) is -2.03. The SMILES string of the molecule is Cc1nc2c(C)c(C(F)(F)F)c(C(C)Nc3ncc(C(=O)N4C[C@@H](C)O[C@@H](C)C4)cc3F)cc2c(=O)[nH]1. The van der Waals surface area contributed by atoms with Crippen LogP contribution in [0, 0.1) is 19.7 Å². The third-order valence-electron chi connectivity index (χ3n) is 6.29. The molecule has 1 aliphatic heterocycles. The second-order valence-corrected chi connectivity index (χ2v) is 9.40. The molecule has 2 aromatic heterocycles. The minimum absolute atomic E-state index is 0.0110. The number of aryl methyl sites for hydroxylation is 2. The zero-order valence-electron chi connectivity index (χ0n) is 21.0. The van der Waals surface area contributed by atoms with Crippen LogP contribution in [0.1, 0.15) is 59.7 Å². The highest BCUT2D eigenvalue weighted by molar-refractivity contribution is 5.94. The van der Waals surface area contributed by atoms with Gasteiger partial charge in [0.1, 0.15) is 5.82 Å². The number of pyridine rings is 1. The van der Waals surface area contributed by atoms with Crippen molar-refractivity contribution in [2.24, 2.45) is 0 Å². The Hall–Kier alpha value is -3.54. The second kappa shape index (κ2) is 9.73. The first-order valence-corrected chi connectivity index (χ1v) is 11.7. The minimum Gasteiger partial charge on any atom is -0.372 e. The lowest BCUT2D eigenvalue weighted by Gasteiger charge is -2.35. The van der Waals surface area contributed by atoms with Gasteiger partial charge in [-0.1, -0.05) is 0 Å². The first-order chi connectivity index (χ1) is 17.3. The molecule has 3 atom stereocenters. The highest BCUT2D eigenvalue weighted by Gasteiger charge is 2.38. The molecule has 37 heavy (non-hydrogen) atoms. The molecular weight excluding hydrogens is 494 g/mol. The van der Waals surface area contributed by atoms with Crippen LogP contribution in [0.3, 0.4) is 0 Å². The molecule has 1 unspecified atom stereocenters. The Morgan fingerprint density at radius 1 is 1.22 bits per heavy atom. The lowest BCUT2D eigenvalue weighted by molar-refractivity contribution is -0.138. The number of carbonyl (C=O) groups excluding carboxylic acids is 1. The predicted octanol–water partition coefficient (Wildman–Crippen LogP) is 4.52. The van der Waals surface area contributed by atoms with Crippen LogP contribution in [-0.2, 0) is 10.9 Å². The number of H-pyrrole nitrogens is 1. The van der Waals surface area contributed by atoms with Crippen molar-refractivity contribution >= 4 is 22.6 Å². The fourth-order valence-corrected chi connectivity index (χ4v) is 4.77. The zero-order chi connectivity index (χ0) is 27.2. The molecule has 8 nitrogen and oxygen atoms in total. The number of alkyl halides is 3. The third-order valence-corrected chi connectivity index (χ3v) is 6.29. The number of fused-ring (bicyclic) bond motifs is 1. The van der Waals surface area contributed by atoms with Gasteiger partial charge >= 0.3 is 6.18 Å².